The van der Waals surface area contributed by atoms with Crippen molar-refractivity contribution < 1.29 is 19.1 Å². The molecule has 0 saturated carbocycles. The molecule has 6 heteroatoms. The van der Waals surface area contributed by atoms with E-state index in [-0.39, 0.29) is 17.7 Å². The van der Waals surface area contributed by atoms with E-state index in [1.54, 1.807) is 0 Å². The quantitative estimate of drug-likeness (QED) is 0.684. The van der Waals surface area contributed by atoms with Crippen molar-refractivity contribution in [2.24, 2.45) is 0 Å². The van der Waals surface area contributed by atoms with Crippen LogP contribution in [0, 0.1) is 5.82 Å². The number of nitrogen functional groups attached to an aromatic ring is 1. The van der Waals surface area contributed by atoms with E-state index in [9.17, 15) is 14.0 Å². The number of benzene rings is 1. The molecule has 1 aromatic carbocycles. The number of carboxylic acids is 1. The van der Waals surface area contributed by atoms with Gasteiger partial charge in [-0.15, -0.1) is 0 Å². The number of aliphatic carboxylic acids is 1. The number of hydrogen-bond donors (Lipinski definition) is 3. The van der Waals surface area contributed by atoms with E-state index < -0.39 is 23.7 Å². The molecule has 1 atom stereocenters. The highest BCUT2D eigenvalue weighted by Gasteiger charge is 2.15. The van der Waals surface area contributed by atoms with E-state index in [2.05, 4.69) is 5.32 Å². The molecule has 1 aromatic rings. The predicted molar refractivity (Wildman–Crippen MR) is 60.0 cm³/mol. The van der Waals surface area contributed by atoms with Gasteiger partial charge in [0.1, 0.15) is 5.82 Å². The Labute approximate surface area is 97.4 Å². The average molecular weight is 240 g/mol. The normalized spacial score (nSPS) is 11.9. The van der Waals surface area contributed by atoms with Crippen molar-refractivity contribution in [3.05, 3.63) is 29.6 Å². The largest absolute Gasteiger partial charge is 0.481 e. The molecule has 4 N–H and O–H groups in total. The first kappa shape index (κ1) is 13.0. The lowest BCUT2D eigenvalue weighted by Crippen LogP contribution is -2.34. The average Bonchev–Trinajstić information content (AvgIpc) is 2.15. The summed E-state index contributed by atoms with van der Waals surface area (Å²) in [6, 6.07) is 3.13. The zero-order chi connectivity index (χ0) is 13.0. The third-order valence-electron chi connectivity index (χ3n) is 2.10. The number of rotatable bonds is 4. The van der Waals surface area contributed by atoms with Crippen molar-refractivity contribution in [3.8, 4) is 0 Å². The van der Waals surface area contributed by atoms with Crippen LogP contribution in [0.2, 0.25) is 0 Å². The van der Waals surface area contributed by atoms with E-state index >= 15 is 0 Å². The van der Waals surface area contributed by atoms with E-state index in [1.165, 1.54) is 19.1 Å². The Kier molecular flexibility index (Phi) is 4.03. The van der Waals surface area contributed by atoms with Crippen molar-refractivity contribution >= 4 is 17.6 Å². The highest BCUT2D eigenvalue weighted by atomic mass is 19.1. The fraction of sp³-hybridized carbons (Fsp3) is 0.273. The number of carboxylic acid groups (broad SMARTS) is 1. The van der Waals surface area contributed by atoms with Gasteiger partial charge in [0, 0.05) is 11.7 Å². The van der Waals surface area contributed by atoms with Crippen LogP contribution in [0.3, 0.4) is 0 Å². The number of nitrogens with two attached hydrogens (primary N) is 1. The van der Waals surface area contributed by atoms with E-state index in [0.717, 1.165) is 6.07 Å². The molecule has 0 aliphatic rings. The van der Waals surface area contributed by atoms with Gasteiger partial charge >= 0.3 is 5.97 Å². The standard InChI is InChI=1S/C11H13FN2O3/c1-6(4-10(15)16)14-11(17)8-3-2-7(13)5-9(8)12/h2-3,5-6H,4,13H2,1H3,(H,14,17)(H,15,16). The highest BCUT2D eigenvalue weighted by Crippen LogP contribution is 2.11. The lowest BCUT2D eigenvalue weighted by Gasteiger charge is -2.12. The molecular weight excluding hydrogens is 227 g/mol. The molecule has 0 radical (unpaired) electrons. The Bertz CT molecular complexity index is 448. The molecule has 1 amide bonds. The number of amides is 1. The van der Waals surface area contributed by atoms with Gasteiger partial charge in [0.2, 0.25) is 0 Å². The first-order valence-corrected chi connectivity index (χ1v) is 4.98. The number of hydrogen-bond acceptors (Lipinski definition) is 3. The molecule has 0 aliphatic heterocycles. The van der Waals surface area contributed by atoms with Gasteiger partial charge in [-0.05, 0) is 25.1 Å². The molecule has 0 heterocycles. The third kappa shape index (κ3) is 3.75. The fourth-order valence-corrected chi connectivity index (χ4v) is 1.33. The van der Waals surface area contributed by atoms with Crippen molar-refractivity contribution in [3.63, 3.8) is 0 Å². The van der Waals surface area contributed by atoms with Gasteiger partial charge in [0.25, 0.3) is 5.91 Å². The predicted octanol–water partition coefficient (Wildman–Crippen LogP) is 1.00. The lowest BCUT2D eigenvalue weighted by molar-refractivity contribution is -0.137. The summed E-state index contributed by atoms with van der Waals surface area (Å²) in [5, 5.41) is 10.9. The van der Waals surface area contributed by atoms with Crippen LogP contribution in [-0.4, -0.2) is 23.0 Å². The summed E-state index contributed by atoms with van der Waals surface area (Å²) < 4.78 is 13.4. The van der Waals surface area contributed by atoms with Gasteiger partial charge < -0.3 is 16.2 Å². The molecule has 0 aromatic heterocycles. The monoisotopic (exact) mass is 240 g/mol. The van der Waals surface area contributed by atoms with E-state index in [1.807, 2.05) is 0 Å². The minimum Gasteiger partial charge on any atom is -0.481 e. The number of carbonyl (C=O) groups excluding carboxylic acids is 1. The maximum Gasteiger partial charge on any atom is 0.305 e. The van der Waals surface area contributed by atoms with Crippen LogP contribution in [0.25, 0.3) is 0 Å². The van der Waals surface area contributed by atoms with Crippen molar-refractivity contribution in [2.75, 3.05) is 5.73 Å². The van der Waals surface area contributed by atoms with Crippen molar-refractivity contribution in [1.82, 2.24) is 5.32 Å². The minimum atomic E-state index is -1.03. The molecular formula is C11H13FN2O3. The Morgan fingerprint density at radius 2 is 2.18 bits per heavy atom. The number of nitrogens with one attached hydrogen (secondary N) is 1. The second kappa shape index (κ2) is 5.29. The van der Waals surface area contributed by atoms with Crippen molar-refractivity contribution in [2.45, 2.75) is 19.4 Å². The fourth-order valence-electron chi connectivity index (χ4n) is 1.33. The Balaban J connectivity index is 2.73. The Morgan fingerprint density at radius 1 is 1.53 bits per heavy atom. The van der Waals surface area contributed by atoms with Gasteiger partial charge in [0.05, 0.1) is 12.0 Å². The second-order valence-electron chi connectivity index (χ2n) is 3.71. The maximum absolute atomic E-state index is 13.4. The van der Waals surface area contributed by atoms with E-state index in [0.29, 0.717) is 0 Å². The molecule has 1 rings (SSSR count). The van der Waals surface area contributed by atoms with E-state index in [4.69, 9.17) is 10.8 Å². The van der Waals surface area contributed by atoms with Crippen LogP contribution in [0.4, 0.5) is 10.1 Å². The van der Waals surface area contributed by atoms with Crippen LogP contribution in [0.5, 0.6) is 0 Å². The van der Waals surface area contributed by atoms with Crippen LogP contribution < -0.4 is 11.1 Å². The highest BCUT2D eigenvalue weighted by molar-refractivity contribution is 5.95. The van der Waals surface area contributed by atoms with Gasteiger partial charge in [-0.2, -0.15) is 0 Å². The summed E-state index contributed by atoms with van der Waals surface area (Å²) in [5.41, 5.74) is 5.41. The Morgan fingerprint density at radius 3 is 2.71 bits per heavy atom. The molecule has 5 nitrogen and oxygen atoms in total. The van der Waals surface area contributed by atoms with Crippen molar-refractivity contribution in [1.29, 1.82) is 0 Å². The first-order valence-electron chi connectivity index (χ1n) is 4.98. The summed E-state index contributed by atoms with van der Waals surface area (Å²) in [4.78, 5) is 22.0. The van der Waals surface area contributed by atoms with Crippen LogP contribution in [0.15, 0.2) is 18.2 Å². The number of anilines is 1. The van der Waals surface area contributed by atoms with Crippen LogP contribution in [-0.2, 0) is 4.79 Å². The topological polar surface area (TPSA) is 92.4 Å². The lowest BCUT2D eigenvalue weighted by atomic mass is 10.1. The summed E-state index contributed by atoms with van der Waals surface area (Å²) >= 11 is 0. The molecule has 0 bridgehead atoms. The molecule has 0 aliphatic carbocycles. The second-order valence-corrected chi connectivity index (χ2v) is 3.71. The summed E-state index contributed by atoms with van der Waals surface area (Å²) in [5.74, 6) is -2.42. The zero-order valence-electron chi connectivity index (χ0n) is 9.24. The summed E-state index contributed by atoms with van der Waals surface area (Å²) in [7, 11) is 0. The van der Waals surface area contributed by atoms with Crippen LogP contribution >= 0.6 is 0 Å². The molecule has 0 fully saturated rings. The van der Waals surface area contributed by atoms with Gasteiger partial charge in [-0.3, -0.25) is 9.59 Å². The zero-order valence-corrected chi connectivity index (χ0v) is 9.24. The molecule has 0 spiro atoms. The first-order chi connectivity index (χ1) is 7.90. The van der Waals surface area contributed by atoms with Gasteiger partial charge in [-0.1, -0.05) is 0 Å². The summed E-state index contributed by atoms with van der Waals surface area (Å²) in [6.07, 6.45) is -0.220. The Hall–Kier alpha value is -2.11. The minimum absolute atomic E-state index is 0.156. The smallest absolute Gasteiger partial charge is 0.305 e. The molecule has 17 heavy (non-hydrogen) atoms. The number of halogens is 1. The van der Waals surface area contributed by atoms with Gasteiger partial charge in [-0.25, -0.2) is 4.39 Å². The number of carbonyl (C=O) groups is 2. The molecule has 0 saturated heterocycles. The van der Waals surface area contributed by atoms with Gasteiger partial charge in [0.15, 0.2) is 0 Å². The summed E-state index contributed by atoms with van der Waals surface area (Å²) in [6.45, 7) is 1.53. The maximum atomic E-state index is 13.4. The SMILES string of the molecule is CC(CC(=O)O)NC(=O)c1ccc(N)cc1F. The van der Waals surface area contributed by atoms with Crippen LogP contribution in [0.1, 0.15) is 23.7 Å². The third-order valence-corrected chi connectivity index (χ3v) is 2.10. The molecule has 1 unspecified atom stereocenters. The molecule has 92 valence electrons.